The van der Waals surface area contributed by atoms with Gasteiger partial charge >= 0.3 is 5.97 Å². The van der Waals surface area contributed by atoms with Crippen molar-refractivity contribution in [2.24, 2.45) is 0 Å². The van der Waals surface area contributed by atoms with E-state index in [4.69, 9.17) is 0 Å². The minimum atomic E-state index is -0.960. The van der Waals surface area contributed by atoms with Gasteiger partial charge in [0.15, 0.2) is 5.78 Å². The number of nitrogens with zero attached hydrogens (tertiary/aromatic N) is 1. The maximum Gasteiger partial charge on any atom is 0.326 e. The van der Waals surface area contributed by atoms with Crippen molar-refractivity contribution in [1.82, 2.24) is 4.90 Å². The molecule has 1 aliphatic heterocycles. The third-order valence-corrected chi connectivity index (χ3v) is 3.59. The van der Waals surface area contributed by atoms with Crippen LogP contribution in [0, 0.1) is 0 Å². The first-order valence-electron chi connectivity index (χ1n) is 6.65. The monoisotopic (exact) mass is 275 g/mol. The average Bonchev–Trinajstić information content (AvgIpc) is 2.46. The second-order valence-corrected chi connectivity index (χ2v) is 4.98. The molecule has 0 aliphatic carbocycles. The number of carboxylic acid groups (broad SMARTS) is 1. The molecule has 5 heteroatoms. The Morgan fingerprint density at radius 2 is 1.70 bits per heavy atom. The Balaban J connectivity index is 2.20. The van der Waals surface area contributed by atoms with Crippen molar-refractivity contribution in [3.05, 3.63) is 35.4 Å². The molecule has 1 aliphatic rings. The summed E-state index contributed by atoms with van der Waals surface area (Å²) in [7, 11) is 0. The van der Waals surface area contributed by atoms with E-state index in [2.05, 4.69) is 0 Å². The lowest BCUT2D eigenvalue weighted by Crippen LogP contribution is -2.47. The van der Waals surface area contributed by atoms with Crippen LogP contribution in [0.5, 0.6) is 0 Å². The van der Waals surface area contributed by atoms with E-state index >= 15 is 0 Å². The molecule has 20 heavy (non-hydrogen) atoms. The number of carboxylic acids is 1. The number of hydrogen-bond donors (Lipinski definition) is 1. The van der Waals surface area contributed by atoms with Crippen LogP contribution < -0.4 is 0 Å². The summed E-state index contributed by atoms with van der Waals surface area (Å²) in [6.07, 6.45) is 2.14. The maximum absolute atomic E-state index is 12.4. The summed E-state index contributed by atoms with van der Waals surface area (Å²) >= 11 is 0. The molecule has 0 spiro atoms. The van der Waals surface area contributed by atoms with Crippen LogP contribution in [0.4, 0.5) is 0 Å². The summed E-state index contributed by atoms with van der Waals surface area (Å²) in [6, 6.07) is 5.59. The van der Waals surface area contributed by atoms with E-state index in [-0.39, 0.29) is 11.7 Å². The van der Waals surface area contributed by atoms with Gasteiger partial charge in [0.05, 0.1) is 0 Å². The molecule has 0 saturated carbocycles. The quantitative estimate of drug-likeness (QED) is 0.856. The molecule has 1 heterocycles. The lowest BCUT2D eigenvalue weighted by molar-refractivity contribution is -0.143. The second kappa shape index (κ2) is 5.86. The van der Waals surface area contributed by atoms with Crippen molar-refractivity contribution < 1.29 is 19.5 Å². The molecule has 0 radical (unpaired) electrons. The molecule has 1 aromatic carbocycles. The molecular formula is C15H17NO4. The SMILES string of the molecule is CC(=O)c1ccc(C(=O)N2CCCCC2C(=O)O)cc1. The Kier molecular flexibility index (Phi) is 4.17. The fraction of sp³-hybridized carbons (Fsp3) is 0.400. The van der Waals surface area contributed by atoms with Crippen LogP contribution in [0.1, 0.15) is 46.9 Å². The van der Waals surface area contributed by atoms with Gasteiger partial charge in [0, 0.05) is 17.7 Å². The predicted octanol–water partition coefficient (Wildman–Crippen LogP) is 1.97. The Bertz CT molecular complexity index is 535. The number of piperidine rings is 1. The molecule has 1 aromatic rings. The number of ketones is 1. The topological polar surface area (TPSA) is 74.7 Å². The number of carbonyl (C=O) groups excluding carboxylic acids is 2. The van der Waals surface area contributed by atoms with Gasteiger partial charge in [0.2, 0.25) is 0 Å². The van der Waals surface area contributed by atoms with E-state index < -0.39 is 12.0 Å². The van der Waals surface area contributed by atoms with Gasteiger partial charge in [-0.2, -0.15) is 0 Å². The smallest absolute Gasteiger partial charge is 0.326 e. The van der Waals surface area contributed by atoms with Gasteiger partial charge in [0.1, 0.15) is 6.04 Å². The van der Waals surface area contributed by atoms with Gasteiger partial charge in [0.25, 0.3) is 5.91 Å². The zero-order chi connectivity index (χ0) is 14.7. The molecule has 1 amide bonds. The molecular weight excluding hydrogens is 258 g/mol. The van der Waals surface area contributed by atoms with Crippen LogP contribution in [-0.2, 0) is 4.79 Å². The molecule has 2 rings (SSSR count). The zero-order valence-electron chi connectivity index (χ0n) is 11.3. The minimum absolute atomic E-state index is 0.0645. The van der Waals surface area contributed by atoms with Gasteiger partial charge in [-0.15, -0.1) is 0 Å². The highest BCUT2D eigenvalue weighted by molar-refractivity contribution is 5.99. The van der Waals surface area contributed by atoms with Gasteiger partial charge in [-0.1, -0.05) is 12.1 Å². The van der Waals surface area contributed by atoms with Gasteiger partial charge in [-0.25, -0.2) is 4.79 Å². The number of likely N-dealkylation sites (tertiary alicyclic amines) is 1. The van der Waals surface area contributed by atoms with Crippen molar-refractivity contribution >= 4 is 17.7 Å². The lowest BCUT2D eigenvalue weighted by atomic mass is 10.0. The molecule has 0 aromatic heterocycles. The third kappa shape index (κ3) is 2.87. The van der Waals surface area contributed by atoms with Gasteiger partial charge < -0.3 is 10.0 Å². The number of hydrogen-bond acceptors (Lipinski definition) is 3. The highest BCUT2D eigenvalue weighted by Gasteiger charge is 2.32. The van der Waals surface area contributed by atoms with Crippen molar-refractivity contribution in [2.45, 2.75) is 32.2 Å². The van der Waals surface area contributed by atoms with Gasteiger partial charge in [-0.05, 0) is 38.3 Å². The predicted molar refractivity (Wildman–Crippen MR) is 72.8 cm³/mol. The van der Waals surface area contributed by atoms with Gasteiger partial charge in [-0.3, -0.25) is 9.59 Å². The summed E-state index contributed by atoms with van der Waals surface area (Å²) < 4.78 is 0. The highest BCUT2D eigenvalue weighted by Crippen LogP contribution is 2.20. The normalized spacial score (nSPS) is 18.6. The van der Waals surface area contributed by atoms with Crippen LogP contribution in [0.25, 0.3) is 0 Å². The van der Waals surface area contributed by atoms with Crippen molar-refractivity contribution in [1.29, 1.82) is 0 Å². The first-order chi connectivity index (χ1) is 9.50. The summed E-state index contributed by atoms with van der Waals surface area (Å²) in [4.78, 5) is 36.2. The standard InChI is InChI=1S/C15H17NO4/c1-10(17)11-5-7-12(8-6-11)14(18)16-9-3-2-4-13(16)15(19)20/h5-8,13H,2-4,9H2,1H3,(H,19,20). The number of aliphatic carboxylic acids is 1. The second-order valence-electron chi connectivity index (χ2n) is 4.98. The first-order valence-corrected chi connectivity index (χ1v) is 6.65. The first kappa shape index (κ1) is 14.2. The van der Waals surface area contributed by atoms with Crippen molar-refractivity contribution in [3.63, 3.8) is 0 Å². The fourth-order valence-electron chi connectivity index (χ4n) is 2.44. The van der Waals surface area contributed by atoms with E-state index in [1.54, 1.807) is 24.3 Å². The largest absolute Gasteiger partial charge is 0.480 e. The Morgan fingerprint density at radius 1 is 1.10 bits per heavy atom. The molecule has 1 unspecified atom stereocenters. The van der Waals surface area contributed by atoms with E-state index in [0.29, 0.717) is 24.1 Å². The molecule has 106 valence electrons. The van der Waals surface area contributed by atoms with Crippen LogP contribution >= 0.6 is 0 Å². The summed E-state index contributed by atoms with van der Waals surface area (Å²) in [5.74, 6) is -1.31. The van der Waals surface area contributed by atoms with E-state index in [1.807, 2.05) is 0 Å². The Morgan fingerprint density at radius 3 is 2.25 bits per heavy atom. The molecule has 1 N–H and O–H groups in total. The number of Topliss-reactive ketones (excluding diaryl/α,β-unsaturated/α-hetero) is 1. The molecule has 1 atom stereocenters. The number of rotatable bonds is 3. The Labute approximate surface area is 117 Å². The Hall–Kier alpha value is -2.17. The van der Waals surface area contributed by atoms with Crippen molar-refractivity contribution in [2.75, 3.05) is 6.54 Å². The molecule has 1 saturated heterocycles. The van der Waals surface area contributed by atoms with E-state index in [1.165, 1.54) is 11.8 Å². The average molecular weight is 275 g/mol. The van der Waals surface area contributed by atoms with Crippen LogP contribution in [0.2, 0.25) is 0 Å². The highest BCUT2D eigenvalue weighted by atomic mass is 16.4. The fourth-order valence-corrected chi connectivity index (χ4v) is 2.44. The maximum atomic E-state index is 12.4. The summed E-state index contributed by atoms with van der Waals surface area (Å²) in [5.41, 5.74) is 0.957. The van der Waals surface area contributed by atoms with Crippen LogP contribution in [0.15, 0.2) is 24.3 Å². The zero-order valence-corrected chi connectivity index (χ0v) is 11.3. The number of carbonyl (C=O) groups is 3. The molecule has 1 fully saturated rings. The third-order valence-electron chi connectivity index (χ3n) is 3.59. The van der Waals surface area contributed by atoms with Crippen molar-refractivity contribution in [3.8, 4) is 0 Å². The molecule has 5 nitrogen and oxygen atoms in total. The van der Waals surface area contributed by atoms with E-state index in [9.17, 15) is 19.5 Å². The van der Waals surface area contributed by atoms with E-state index in [0.717, 1.165) is 12.8 Å². The van der Waals surface area contributed by atoms with Crippen LogP contribution in [0.3, 0.4) is 0 Å². The van der Waals surface area contributed by atoms with Crippen LogP contribution in [-0.4, -0.2) is 40.3 Å². The summed E-state index contributed by atoms with van der Waals surface area (Å²) in [5, 5.41) is 9.18. The number of benzene rings is 1. The lowest BCUT2D eigenvalue weighted by Gasteiger charge is -2.33. The minimum Gasteiger partial charge on any atom is -0.480 e. The summed E-state index contributed by atoms with van der Waals surface area (Å²) in [6.45, 7) is 1.92. The number of amides is 1. The molecule has 0 bridgehead atoms.